The summed E-state index contributed by atoms with van der Waals surface area (Å²) in [6.45, 7) is 25.5. The molecule has 2 N–H and O–H groups in total. The molecular weight excluding hydrogens is 597 g/mol. The molecule has 0 unspecified atom stereocenters. The molecule has 15 heteroatoms. The summed E-state index contributed by atoms with van der Waals surface area (Å²) in [6.07, 6.45) is -2.70. The molecule has 242 valence electrons. The maximum absolute atomic E-state index is 13.8. The fraction of sp³-hybridized carbons (Fsp3) is 0.815. The molecule has 0 spiro atoms. The van der Waals surface area contributed by atoms with E-state index in [4.69, 9.17) is 22.6 Å². The van der Waals surface area contributed by atoms with Crippen LogP contribution < -0.4 is 11.0 Å². The number of anilines is 1. The van der Waals surface area contributed by atoms with Crippen molar-refractivity contribution in [3.8, 4) is 0 Å². The Bertz CT molecular complexity index is 1190. The highest BCUT2D eigenvalue weighted by Crippen LogP contribution is 2.57. The third-order valence-electron chi connectivity index (χ3n) is 8.34. The van der Waals surface area contributed by atoms with Gasteiger partial charge in [0, 0.05) is 13.1 Å². The number of aliphatic hydroxyl groups excluding tert-OH is 1. The van der Waals surface area contributed by atoms with Gasteiger partial charge in [-0.25, -0.2) is 4.79 Å². The van der Waals surface area contributed by atoms with E-state index in [0.717, 1.165) is 0 Å². The molecule has 1 fully saturated rings. The molecule has 0 aliphatic carbocycles. The number of ether oxygens (including phenoxy) is 1. The molecule has 0 radical (unpaired) electrons. The molecule has 1 aliphatic rings. The van der Waals surface area contributed by atoms with Crippen LogP contribution in [0.3, 0.4) is 0 Å². The second-order valence-electron chi connectivity index (χ2n) is 13.6. The first-order chi connectivity index (χ1) is 19.0. The molecule has 42 heavy (non-hydrogen) atoms. The Hall–Kier alpha value is -1.23. The fourth-order valence-electron chi connectivity index (χ4n) is 4.01. The number of aliphatic hydroxyl groups is 1. The first kappa shape index (κ1) is 37.0. The Labute approximate surface area is 252 Å². The van der Waals surface area contributed by atoms with Gasteiger partial charge in [-0.05, 0) is 56.2 Å². The third kappa shape index (κ3) is 8.27. The van der Waals surface area contributed by atoms with E-state index in [1.54, 1.807) is 13.8 Å². The van der Waals surface area contributed by atoms with Crippen LogP contribution in [-0.2, 0) is 32.0 Å². The minimum absolute atomic E-state index is 0.0378. The molecule has 5 atom stereocenters. The van der Waals surface area contributed by atoms with E-state index >= 15 is 0 Å². The van der Waals surface area contributed by atoms with Crippen LogP contribution in [0.5, 0.6) is 0 Å². The normalized spacial score (nSPS) is 23.2. The summed E-state index contributed by atoms with van der Waals surface area (Å²) in [5.41, 5.74) is -0.700. The third-order valence-corrected chi connectivity index (χ3v) is 19.5. The molecule has 1 aliphatic heterocycles. The molecular formula is C27H52N3O9PSi2. The zero-order valence-corrected chi connectivity index (χ0v) is 30.4. The average Bonchev–Trinajstić information content (AvgIpc) is 3.13. The number of hydrogen-bond donors (Lipinski definition) is 2. The van der Waals surface area contributed by atoms with Gasteiger partial charge in [-0.3, -0.25) is 13.9 Å². The predicted molar refractivity (Wildman–Crippen MR) is 168 cm³/mol. The van der Waals surface area contributed by atoms with E-state index in [0.29, 0.717) is 0 Å². The SMILES string of the molecule is CCOP(=O)(OCC)[C@@H](O)[C@H]1O[C@@H](n2ccc(NC(C)=O)nc2=O)[C@@H](O[Si](C)(C)C(C)(C)C)[C@@H]1O[Si](C)(C)C(C)(C)C. The zero-order valence-electron chi connectivity index (χ0n) is 27.5. The molecule has 12 nitrogen and oxygen atoms in total. The first-order valence-corrected chi connectivity index (χ1v) is 21.9. The summed E-state index contributed by atoms with van der Waals surface area (Å²) < 4.78 is 46.4. The van der Waals surface area contributed by atoms with Crippen molar-refractivity contribution in [1.82, 2.24) is 9.55 Å². The van der Waals surface area contributed by atoms with Gasteiger partial charge in [0.2, 0.25) is 5.91 Å². The van der Waals surface area contributed by atoms with Crippen LogP contribution in [0, 0.1) is 0 Å². The average molecular weight is 650 g/mol. The standard InChI is InChI=1S/C27H52N3O9PSi2/c1-14-35-40(34,36-15-2)24(32)22-20(38-41(10,11)26(4,5)6)21(39-42(12,13)27(7,8)9)23(37-22)30-17-16-19(28-18(3)31)29-25(30)33/h16-17,20-24,32H,14-15H2,1-13H3,(H,28,29,31,33)/t20-,21-,22-,23+,24+/m0/s1. The van der Waals surface area contributed by atoms with Crippen LogP contribution in [0.4, 0.5) is 5.82 Å². The highest BCUT2D eigenvalue weighted by molar-refractivity contribution is 7.54. The summed E-state index contributed by atoms with van der Waals surface area (Å²) in [5, 5.41) is 13.7. The Morgan fingerprint density at radius 1 is 1.05 bits per heavy atom. The van der Waals surface area contributed by atoms with Crippen LogP contribution in [-0.4, -0.2) is 74.6 Å². The highest BCUT2D eigenvalue weighted by Gasteiger charge is 2.59. The van der Waals surface area contributed by atoms with E-state index in [9.17, 15) is 19.3 Å². The van der Waals surface area contributed by atoms with Crippen molar-refractivity contribution in [1.29, 1.82) is 0 Å². The van der Waals surface area contributed by atoms with Crippen molar-refractivity contribution in [3.05, 3.63) is 22.7 Å². The van der Waals surface area contributed by atoms with Crippen molar-refractivity contribution < 1.29 is 37.1 Å². The number of hydrogen-bond acceptors (Lipinski definition) is 10. The van der Waals surface area contributed by atoms with E-state index < -0.39 is 60.3 Å². The fourth-order valence-corrected chi connectivity index (χ4v) is 8.29. The number of rotatable bonds is 12. The lowest BCUT2D eigenvalue weighted by atomic mass is 10.1. The van der Waals surface area contributed by atoms with Crippen molar-refractivity contribution in [2.24, 2.45) is 0 Å². The van der Waals surface area contributed by atoms with Crippen LogP contribution in [0.25, 0.3) is 0 Å². The molecule has 0 bridgehead atoms. The number of amides is 1. The van der Waals surface area contributed by atoms with E-state index in [1.807, 2.05) is 0 Å². The van der Waals surface area contributed by atoms with Crippen LogP contribution in [0.2, 0.25) is 36.3 Å². The maximum Gasteiger partial charge on any atom is 0.361 e. The van der Waals surface area contributed by atoms with E-state index in [-0.39, 0.29) is 35.0 Å². The van der Waals surface area contributed by atoms with Gasteiger partial charge in [-0.15, -0.1) is 0 Å². The Kier molecular flexibility index (Phi) is 11.8. The molecule has 1 aromatic rings. The van der Waals surface area contributed by atoms with Gasteiger partial charge >= 0.3 is 13.3 Å². The largest absolute Gasteiger partial charge is 0.408 e. The zero-order chi connectivity index (χ0) is 32.5. The van der Waals surface area contributed by atoms with Gasteiger partial charge in [0.1, 0.15) is 24.1 Å². The van der Waals surface area contributed by atoms with Gasteiger partial charge in [-0.1, -0.05) is 41.5 Å². The molecule has 2 rings (SSSR count). The summed E-state index contributed by atoms with van der Waals surface area (Å²) in [5.74, 6) is -2.01. The number of aromatic nitrogens is 2. The highest BCUT2D eigenvalue weighted by atomic mass is 31.2. The minimum atomic E-state index is -4.10. The summed E-state index contributed by atoms with van der Waals surface area (Å²) in [7, 11) is -9.21. The number of nitrogens with zero attached hydrogens (tertiary/aromatic N) is 2. The second-order valence-corrected chi connectivity index (χ2v) is 25.3. The molecule has 1 saturated heterocycles. The van der Waals surface area contributed by atoms with Crippen molar-refractivity contribution >= 4 is 36.0 Å². The molecule has 1 amide bonds. The summed E-state index contributed by atoms with van der Waals surface area (Å²) >= 11 is 0. The van der Waals surface area contributed by atoms with Crippen LogP contribution in [0.15, 0.2) is 17.1 Å². The smallest absolute Gasteiger partial charge is 0.361 e. The van der Waals surface area contributed by atoms with E-state index in [1.165, 1.54) is 23.8 Å². The van der Waals surface area contributed by atoms with Crippen LogP contribution in [0.1, 0.15) is 68.5 Å². The van der Waals surface area contributed by atoms with Crippen molar-refractivity contribution in [3.63, 3.8) is 0 Å². The summed E-state index contributed by atoms with van der Waals surface area (Å²) in [4.78, 5) is 28.9. The Morgan fingerprint density at radius 2 is 1.52 bits per heavy atom. The maximum atomic E-state index is 13.8. The predicted octanol–water partition coefficient (Wildman–Crippen LogP) is 5.46. The quantitative estimate of drug-likeness (QED) is 0.221. The van der Waals surface area contributed by atoms with E-state index in [2.05, 4.69) is 78.0 Å². The molecule has 1 aromatic heterocycles. The van der Waals surface area contributed by atoms with Gasteiger partial charge in [0.05, 0.1) is 13.2 Å². The van der Waals surface area contributed by atoms with Crippen molar-refractivity contribution in [2.45, 2.75) is 129 Å². The lowest BCUT2D eigenvalue weighted by Crippen LogP contribution is -2.55. The van der Waals surface area contributed by atoms with Gasteiger partial charge in [0.15, 0.2) is 28.7 Å². The Morgan fingerprint density at radius 3 is 1.93 bits per heavy atom. The van der Waals surface area contributed by atoms with Gasteiger partial charge in [-0.2, -0.15) is 4.98 Å². The minimum Gasteiger partial charge on any atom is -0.408 e. The molecule has 0 aromatic carbocycles. The first-order valence-electron chi connectivity index (χ1n) is 14.5. The topological polar surface area (TPSA) is 147 Å². The van der Waals surface area contributed by atoms with Gasteiger partial charge < -0.3 is 33.1 Å². The molecule has 2 heterocycles. The Balaban J connectivity index is 2.80. The molecule has 0 saturated carbocycles. The monoisotopic (exact) mass is 649 g/mol. The number of nitrogens with one attached hydrogen (secondary N) is 1. The number of carbonyl (C=O) groups excluding carboxylic acids is 1. The number of carbonyl (C=O) groups is 1. The van der Waals surface area contributed by atoms with Gasteiger partial charge in [0.25, 0.3) is 0 Å². The summed E-state index contributed by atoms with van der Waals surface area (Å²) in [6, 6.07) is 1.48. The lowest BCUT2D eigenvalue weighted by Gasteiger charge is -2.44. The lowest BCUT2D eigenvalue weighted by molar-refractivity contribution is -0.114. The van der Waals surface area contributed by atoms with Crippen LogP contribution >= 0.6 is 7.60 Å². The second kappa shape index (κ2) is 13.4. The van der Waals surface area contributed by atoms with Crippen molar-refractivity contribution in [2.75, 3.05) is 18.5 Å².